The van der Waals surface area contributed by atoms with E-state index in [1.807, 2.05) is 19.9 Å². The number of rotatable bonds is 8. The number of halogens is 1. The lowest BCUT2D eigenvalue weighted by atomic mass is 10.1. The molecule has 0 saturated carbocycles. The third-order valence-electron chi connectivity index (χ3n) is 2.71. The highest BCUT2D eigenvalue weighted by atomic mass is 79.9. The first-order valence-electron chi connectivity index (χ1n) is 7.45. The number of nitriles is 1. The van der Waals surface area contributed by atoms with Crippen LogP contribution in [0.1, 0.15) is 32.8 Å². The van der Waals surface area contributed by atoms with Crippen molar-refractivity contribution in [3.8, 4) is 17.6 Å². The van der Waals surface area contributed by atoms with Gasteiger partial charge in [0.25, 0.3) is 0 Å². The average molecular weight is 382 g/mol. The van der Waals surface area contributed by atoms with Crippen LogP contribution in [0.25, 0.3) is 6.08 Å². The second kappa shape index (κ2) is 9.90. The van der Waals surface area contributed by atoms with Gasteiger partial charge in [-0.2, -0.15) is 5.26 Å². The monoisotopic (exact) mass is 381 g/mol. The Morgan fingerprint density at radius 2 is 2.00 bits per heavy atom. The van der Waals surface area contributed by atoms with Crippen LogP contribution in [0.4, 0.5) is 0 Å². The Bertz CT molecular complexity index is 620. The van der Waals surface area contributed by atoms with Crippen LogP contribution in [0.3, 0.4) is 0 Å². The molecule has 0 spiro atoms. The van der Waals surface area contributed by atoms with Crippen molar-refractivity contribution >= 4 is 28.0 Å². The molecule has 0 atom stereocenters. The second-order valence-corrected chi connectivity index (χ2v) is 5.36. The maximum atomic E-state index is 11.7. The van der Waals surface area contributed by atoms with Crippen molar-refractivity contribution in [1.82, 2.24) is 0 Å². The standard InChI is InChI=1S/C17H20BrNO4/c1-4-7-23-16-14(18)9-12(10-15(16)21-5-2)8-13(11-19)17(20)22-6-3/h8-10H,4-7H2,1-3H3/b13-8-. The third kappa shape index (κ3) is 5.61. The van der Waals surface area contributed by atoms with Crippen molar-refractivity contribution in [3.05, 3.63) is 27.7 Å². The van der Waals surface area contributed by atoms with Gasteiger partial charge in [0.05, 0.1) is 24.3 Å². The van der Waals surface area contributed by atoms with E-state index in [1.165, 1.54) is 6.08 Å². The molecular weight excluding hydrogens is 362 g/mol. The molecule has 124 valence electrons. The quantitative estimate of drug-likeness (QED) is 0.385. The molecule has 1 aromatic carbocycles. The highest BCUT2D eigenvalue weighted by Crippen LogP contribution is 2.37. The Balaban J connectivity index is 3.22. The van der Waals surface area contributed by atoms with Gasteiger partial charge in [-0.15, -0.1) is 0 Å². The summed E-state index contributed by atoms with van der Waals surface area (Å²) in [5, 5.41) is 9.11. The van der Waals surface area contributed by atoms with Gasteiger partial charge in [0.1, 0.15) is 11.6 Å². The van der Waals surface area contributed by atoms with E-state index in [1.54, 1.807) is 19.1 Å². The van der Waals surface area contributed by atoms with Crippen LogP contribution >= 0.6 is 15.9 Å². The molecule has 1 aromatic rings. The molecule has 0 aliphatic rings. The zero-order chi connectivity index (χ0) is 17.2. The van der Waals surface area contributed by atoms with E-state index >= 15 is 0 Å². The average Bonchev–Trinajstić information content (AvgIpc) is 2.52. The second-order valence-electron chi connectivity index (χ2n) is 4.50. The molecular formula is C17H20BrNO4. The molecule has 0 bridgehead atoms. The zero-order valence-corrected chi connectivity index (χ0v) is 15.1. The Kier molecular flexibility index (Phi) is 8.20. The van der Waals surface area contributed by atoms with E-state index in [9.17, 15) is 4.79 Å². The Hall–Kier alpha value is -2.00. The van der Waals surface area contributed by atoms with Crippen LogP contribution < -0.4 is 9.47 Å². The first-order chi connectivity index (χ1) is 11.1. The Labute approximate surface area is 145 Å². The summed E-state index contributed by atoms with van der Waals surface area (Å²) in [4.78, 5) is 11.7. The summed E-state index contributed by atoms with van der Waals surface area (Å²) in [5.74, 6) is 0.526. The maximum absolute atomic E-state index is 11.7. The number of carbonyl (C=O) groups excluding carboxylic acids is 1. The van der Waals surface area contributed by atoms with Crippen molar-refractivity contribution in [3.63, 3.8) is 0 Å². The third-order valence-corrected chi connectivity index (χ3v) is 3.30. The normalized spacial score (nSPS) is 10.8. The topological polar surface area (TPSA) is 68.5 Å². The van der Waals surface area contributed by atoms with Crippen molar-refractivity contribution in [1.29, 1.82) is 5.26 Å². The molecule has 23 heavy (non-hydrogen) atoms. The molecule has 0 fully saturated rings. The van der Waals surface area contributed by atoms with E-state index < -0.39 is 5.97 Å². The van der Waals surface area contributed by atoms with Crippen LogP contribution in [-0.2, 0) is 9.53 Å². The molecule has 0 N–H and O–H groups in total. The fourth-order valence-corrected chi connectivity index (χ4v) is 2.36. The molecule has 0 aliphatic heterocycles. The van der Waals surface area contributed by atoms with Gasteiger partial charge in [-0.05, 0) is 60.0 Å². The van der Waals surface area contributed by atoms with Crippen LogP contribution in [-0.4, -0.2) is 25.8 Å². The van der Waals surface area contributed by atoms with Crippen LogP contribution in [0.5, 0.6) is 11.5 Å². The minimum Gasteiger partial charge on any atom is -0.490 e. The summed E-state index contributed by atoms with van der Waals surface area (Å²) >= 11 is 3.44. The predicted octanol–water partition coefficient (Wildman–Crippen LogP) is 4.11. The molecule has 5 nitrogen and oxygen atoms in total. The van der Waals surface area contributed by atoms with E-state index in [-0.39, 0.29) is 12.2 Å². The first-order valence-corrected chi connectivity index (χ1v) is 8.24. The lowest BCUT2D eigenvalue weighted by Crippen LogP contribution is -2.06. The Morgan fingerprint density at radius 1 is 1.26 bits per heavy atom. The molecule has 0 aliphatic carbocycles. The summed E-state index contributed by atoms with van der Waals surface area (Å²) < 4.78 is 16.8. The SMILES string of the molecule is CCCOc1c(Br)cc(/C=C(/C#N)C(=O)OCC)cc1OCC. The minimum atomic E-state index is -0.643. The van der Waals surface area contributed by atoms with Crippen LogP contribution in [0.15, 0.2) is 22.2 Å². The smallest absolute Gasteiger partial charge is 0.348 e. The van der Waals surface area contributed by atoms with Crippen molar-refractivity contribution in [2.45, 2.75) is 27.2 Å². The summed E-state index contributed by atoms with van der Waals surface area (Å²) in [6, 6.07) is 5.35. The van der Waals surface area contributed by atoms with Crippen molar-refractivity contribution < 1.29 is 19.0 Å². The maximum Gasteiger partial charge on any atom is 0.348 e. The van der Waals surface area contributed by atoms with Gasteiger partial charge >= 0.3 is 5.97 Å². The zero-order valence-electron chi connectivity index (χ0n) is 13.5. The molecule has 0 radical (unpaired) electrons. The number of esters is 1. The first kappa shape index (κ1) is 19.0. The van der Waals surface area contributed by atoms with Gasteiger partial charge in [-0.3, -0.25) is 0 Å². The van der Waals surface area contributed by atoms with E-state index in [2.05, 4.69) is 15.9 Å². The van der Waals surface area contributed by atoms with Crippen molar-refractivity contribution in [2.75, 3.05) is 19.8 Å². The van der Waals surface area contributed by atoms with Crippen molar-refractivity contribution in [2.24, 2.45) is 0 Å². The summed E-state index contributed by atoms with van der Waals surface area (Å²) in [6.45, 7) is 6.85. The van der Waals surface area contributed by atoms with Gasteiger partial charge in [0.15, 0.2) is 11.5 Å². The molecule has 0 saturated heterocycles. The number of carbonyl (C=O) groups is 1. The summed E-state index contributed by atoms with van der Waals surface area (Å²) in [6.07, 6.45) is 2.34. The highest BCUT2D eigenvalue weighted by molar-refractivity contribution is 9.10. The number of ether oxygens (including phenoxy) is 3. The number of hydrogen-bond acceptors (Lipinski definition) is 5. The predicted molar refractivity (Wildman–Crippen MR) is 91.3 cm³/mol. The molecule has 0 amide bonds. The largest absolute Gasteiger partial charge is 0.490 e. The van der Waals surface area contributed by atoms with Crippen LogP contribution in [0, 0.1) is 11.3 Å². The minimum absolute atomic E-state index is 0.0663. The van der Waals surface area contributed by atoms with Crippen LogP contribution in [0.2, 0.25) is 0 Å². The lowest BCUT2D eigenvalue weighted by molar-refractivity contribution is -0.137. The van der Waals surface area contributed by atoms with E-state index in [0.717, 1.165) is 6.42 Å². The number of benzene rings is 1. The molecule has 1 rings (SSSR count). The highest BCUT2D eigenvalue weighted by Gasteiger charge is 2.14. The number of hydrogen-bond donors (Lipinski definition) is 0. The van der Waals surface area contributed by atoms with Gasteiger partial charge in [-0.25, -0.2) is 4.79 Å². The van der Waals surface area contributed by atoms with Gasteiger partial charge in [0.2, 0.25) is 0 Å². The van der Waals surface area contributed by atoms with E-state index in [4.69, 9.17) is 19.5 Å². The van der Waals surface area contributed by atoms with Gasteiger partial charge in [-0.1, -0.05) is 6.92 Å². The molecule has 0 unspecified atom stereocenters. The summed E-state index contributed by atoms with van der Waals surface area (Å²) in [7, 11) is 0. The fourth-order valence-electron chi connectivity index (χ4n) is 1.79. The summed E-state index contributed by atoms with van der Waals surface area (Å²) in [5.41, 5.74) is 0.581. The van der Waals surface area contributed by atoms with E-state index in [0.29, 0.717) is 34.7 Å². The lowest BCUT2D eigenvalue weighted by Gasteiger charge is -2.14. The van der Waals surface area contributed by atoms with Gasteiger partial charge < -0.3 is 14.2 Å². The molecule has 0 heterocycles. The molecule has 6 heteroatoms. The number of nitrogens with zero attached hydrogens (tertiary/aromatic N) is 1. The Morgan fingerprint density at radius 3 is 2.57 bits per heavy atom. The molecule has 0 aromatic heterocycles. The fraction of sp³-hybridized carbons (Fsp3) is 0.412. The van der Waals surface area contributed by atoms with Gasteiger partial charge in [0, 0.05) is 0 Å².